The van der Waals surface area contributed by atoms with Crippen LogP contribution in [0.4, 0.5) is 10.7 Å². The molecule has 3 aromatic rings. The quantitative estimate of drug-likeness (QED) is 0.433. The van der Waals surface area contributed by atoms with Gasteiger partial charge in [0.05, 0.1) is 9.82 Å². The number of non-ortho nitro benzene ring substituents is 1. The van der Waals surface area contributed by atoms with Crippen LogP contribution in [0, 0.1) is 17.0 Å². The second-order valence-electron chi connectivity index (χ2n) is 7.45. The zero-order chi connectivity index (χ0) is 22.2. The van der Waals surface area contributed by atoms with Gasteiger partial charge in [-0.2, -0.15) is 0 Å². The number of fused-ring (bicyclic) bond motifs is 1. The van der Waals surface area contributed by atoms with Crippen LogP contribution in [0.3, 0.4) is 0 Å². The monoisotopic (exact) mass is 456 g/mol. The van der Waals surface area contributed by atoms with Crippen molar-refractivity contribution in [3.8, 4) is 0 Å². The van der Waals surface area contributed by atoms with Crippen molar-refractivity contribution in [1.82, 2.24) is 0 Å². The zero-order valence-corrected chi connectivity index (χ0v) is 18.4. The number of thiophene rings is 1. The molecule has 0 bridgehead atoms. The number of amides is 1. The molecule has 1 amide bonds. The number of anilines is 1. The second kappa shape index (κ2) is 8.24. The van der Waals surface area contributed by atoms with Gasteiger partial charge in [-0.1, -0.05) is 23.8 Å². The molecule has 7 nitrogen and oxygen atoms in total. The number of rotatable bonds is 5. The Morgan fingerprint density at radius 1 is 1.10 bits per heavy atom. The smallest absolute Gasteiger partial charge is 0.270 e. The van der Waals surface area contributed by atoms with Crippen molar-refractivity contribution in [3.63, 3.8) is 0 Å². The van der Waals surface area contributed by atoms with Crippen molar-refractivity contribution in [2.45, 2.75) is 42.4 Å². The summed E-state index contributed by atoms with van der Waals surface area (Å²) in [4.78, 5) is 24.6. The summed E-state index contributed by atoms with van der Waals surface area (Å²) in [6, 6.07) is 12.0. The number of nitrogens with one attached hydrogen (secondary N) is 1. The Balaban J connectivity index is 1.77. The maximum absolute atomic E-state index is 13.5. The van der Waals surface area contributed by atoms with Crippen LogP contribution in [0.2, 0.25) is 0 Å². The molecule has 0 saturated carbocycles. The second-order valence-corrected chi connectivity index (χ2v) is 10.4. The summed E-state index contributed by atoms with van der Waals surface area (Å²) in [6.45, 7) is 1.88. The van der Waals surface area contributed by atoms with Gasteiger partial charge in [0.1, 0.15) is 9.90 Å². The van der Waals surface area contributed by atoms with Gasteiger partial charge in [0.15, 0.2) is 0 Å². The van der Waals surface area contributed by atoms with Gasteiger partial charge in [0, 0.05) is 22.6 Å². The molecule has 0 saturated heterocycles. The number of carbonyl (C=O) groups is 1. The van der Waals surface area contributed by atoms with Crippen LogP contribution in [0.5, 0.6) is 0 Å². The van der Waals surface area contributed by atoms with Crippen molar-refractivity contribution in [2.75, 3.05) is 5.32 Å². The van der Waals surface area contributed by atoms with Crippen LogP contribution >= 0.6 is 11.3 Å². The van der Waals surface area contributed by atoms with Crippen molar-refractivity contribution < 1.29 is 18.1 Å². The summed E-state index contributed by atoms with van der Waals surface area (Å²) in [5, 5.41) is 14.0. The molecule has 0 fully saturated rings. The van der Waals surface area contributed by atoms with Crippen molar-refractivity contribution >= 4 is 37.8 Å². The van der Waals surface area contributed by atoms with E-state index in [0.717, 1.165) is 35.3 Å². The van der Waals surface area contributed by atoms with Crippen LogP contribution in [-0.4, -0.2) is 19.2 Å². The predicted octanol–water partition coefficient (Wildman–Crippen LogP) is 4.93. The van der Waals surface area contributed by atoms with Crippen LogP contribution in [-0.2, 0) is 22.7 Å². The molecule has 1 N–H and O–H groups in total. The Kier molecular flexibility index (Phi) is 5.63. The first kappa shape index (κ1) is 21.2. The van der Waals surface area contributed by atoms with E-state index in [1.807, 2.05) is 6.92 Å². The minimum atomic E-state index is -3.85. The van der Waals surface area contributed by atoms with Gasteiger partial charge < -0.3 is 5.32 Å². The summed E-state index contributed by atoms with van der Waals surface area (Å²) in [5.74, 6) is -0.581. The largest absolute Gasteiger partial charge is 0.312 e. The highest BCUT2D eigenvalue weighted by atomic mass is 32.2. The van der Waals surface area contributed by atoms with Gasteiger partial charge in [0.25, 0.3) is 11.6 Å². The van der Waals surface area contributed by atoms with Crippen LogP contribution in [0.1, 0.15) is 39.2 Å². The number of nitro groups is 1. The van der Waals surface area contributed by atoms with Gasteiger partial charge in [-0.15, -0.1) is 11.3 Å². The number of carbonyl (C=O) groups excluding carboxylic acids is 1. The molecule has 1 aliphatic rings. The fourth-order valence-corrected chi connectivity index (χ4v) is 6.95. The summed E-state index contributed by atoms with van der Waals surface area (Å²) in [5.41, 5.74) is 1.61. The van der Waals surface area contributed by atoms with E-state index in [1.165, 1.54) is 35.6 Å². The van der Waals surface area contributed by atoms with E-state index < -0.39 is 20.7 Å². The summed E-state index contributed by atoms with van der Waals surface area (Å²) < 4.78 is 27.1. The normalized spacial score (nSPS) is 13.5. The average molecular weight is 457 g/mol. The lowest BCUT2D eigenvalue weighted by Crippen LogP contribution is -2.15. The fraction of sp³-hybridized carbons (Fsp3) is 0.227. The van der Waals surface area contributed by atoms with Crippen LogP contribution in [0.25, 0.3) is 0 Å². The Labute approximate surface area is 183 Å². The molecule has 31 heavy (non-hydrogen) atoms. The Hall–Kier alpha value is -3.04. The predicted molar refractivity (Wildman–Crippen MR) is 119 cm³/mol. The molecule has 9 heteroatoms. The Morgan fingerprint density at radius 2 is 1.81 bits per heavy atom. The molecule has 160 valence electrons. The van der Waals surface area contributed by atoms with Crippen LogP contribution in [0.15, 0.2) is 58.3 Å². The number of benzene rings is 2. The third kappa shape index (κ3) is 4.11. The van der Waals surface area contributed by atoms with Crippen molar-refractivity contribution in [2.24, 2.45) is 0 Å². The first-order valence-corrected chi connectivity index (χ1v) is 12.1. The van der Waals surface area contributed by atoms with Gasteiger partial charge >= 0.3 is 0 Å². The van der Waals surface area contributed by atoms with Gasteiger partial charge in [-0.05, 0) is 56.4 Å². The van der Waals surface area contributed by atoms with E-state index in [2.05, 4.69) is 5.32 Å². The maximum Gasteiger partial charge on any atom is 0.270 e. The standard InChI is InChI=1S/C22H20N2O5S2/c1-14-9-11-17(12-10-14)31(28,29)20-18-7-2-3-8-19(18)30-22(20)23-21(25)15-5-4-6-16(13-15)24(26)27/h4-6,9-13H,2-3,7-8H2,1H3,(H,23,25). The Bertz CT molecular complexity index is 1280. The number of nitrogens with zero attached hydrogens (tertiary/aromatic N) is 1. The molecule has 0 radical (unpaired) electrons. The highest BCUT2D eigenvalue weighted by Crippen LogP contribution is 2.43. The molecule has 0 spiro atoms. The number of sulfone groups is 1. The minimum Gasteiger partial charge on any atom is -0.312 e. The number of hydrogen-bond donors (Lipinski definition) is 1. The molecule has 4 rings (SSSR count). The summed E-state index contributed by atoms with van der Waals surface area (Å²) >= 11 is 1.28. The SMILES string of the molecule is Cc1ccc(S(=O)(=O)c2c(NC(=O)c3cccc([N+](=O)[O-])c3)sc3c2CCCC3)cc1. The van der Waals surface area contributed by atoms with E-state index in [-0.39, 0.29) is 26.0 Å². The highest BCUT2D eigenvalue weighted by molar-refractivity contribution is 7.92. The van der Waals surface area contributed by atoms with E-state index in [0.29, 0.717) is 6.42 Å². The topological polar surface area (TPSA) is 106 Å². The fourth-order valence-electron chi connectivity index (χ4n) is 3.67. The summed E-state index contributed by atoms with van der Waals surface area (Å²) in [6.07, 6.45) is 3.26. The third-order valence-corrected chi connectivity index (χ3v) is 8.49. The lowest BCUT2D eigenvalue weighted by Gasteiger charge is -2.14. The summed E-state index contributed by atoms with van der Waals surface area (Å²) in [7, 11) is -3.85. The zero-order valence-electron chi connectivity index (χ0n) is 16.8. The Morgan fingerprint density at radius 3 is 2.52 bits per heavy atom. The lowest BCUT2D eigenvalue weighted by molar-refractivity contribution is -0.384. The van der Waals surface area contributed by atoms with Gasteiger partial charge in [-0.25, -0.2) is 8.42 Å². The lowest BCUT2D eigenvalue weighted by atomic mass is 9.99. The molecule has 2 aromatic carbocycles. The number of aryl methyl sites for hydroxylation is 2. The number of hydrogen-bond acceptors (Lipinski definition) is 6. The molecular formula is C22H20N2O5S2. The first-order chi connectivity index (χ1) is 14.8. The first-order valence-electron chi connectivity index (χ1n) is 9.79. The third-order valence-electron chi connectivity index (χ3n) is 5.27. The van der Waals surface area contributed by atoms with E-state index in [1.54, 1.807) is 24.3 Å². The van der Waals surface area contributed by atoms with E-state index in [9.17, 15) is 23.3 Å². The van der Waals surface area contributed by atoms with Crippen molar-refractivity contribution in [1.29, 1.82) is 0 Å². The van der Waals surface area contributed by atoms with Crippen molar-refractivity contribution in [3.05, 3.63) is 80.2 Å². The van der Waals surface area contributed by atoms with E-state index in [4.69, 9.17) is 0 Å². The molecular weight excluding hydrogens is 436 g/mol. The van der Waals surface area contributed by atoms with E-state index >= 15 is 0 Å². The molecule has 0 aliphatic heterocycles. The molecule has 1 aliphatic carbocycles. The average Bonchev–Trinajstić information content (AvgIpc) is 3.12. The number of nitro benzene ring substituents is 1. The van der Waals surface area contributed by atoms with Crippen LogP contribution < -0.4 is 5.32 Å². The molecule has 1 aromatic heterocycles. The maximum atomic E-state index is 13.5. The van der Waals surface area contributed by atoms with Gasteiger partial charge in [-0.3, -0.25) is 14.9 Å². The molecule has 0 atom stereocenters. The van der Waals surface area contributed by atoms with Gasteiger partial charge in [0.2, 0.25) is 9.84 Å². The minimum absolute atomic E-state index is 0.0965. The molecule has 0 unspecified atom stereocenters. The molecule has 1 heterocycles. The highest BCUT2D eigenvalue weighted by Gasteiger charge is 2.32.